The van der Waals surface area contributed by atoms with Gasteiger partial charge in [-0.15, -0.1) is 0 Å². The predicted octanol–water partition coefficient (Wildman–Crippen LogP) is 5.46. The second-order valence-corrected chi connectivity index (χ2v) is 10.1. The fraction of sp³-hybridized carbons (Fsp3) is 0.345. The van der Waals surface area contributed by atoms with Crippen molar-refractivity contribution in [2.24, 2.45) is 16.0 Å². The van der Waals surface area contributed by atoms with Gasteiger partial charge >= 0.3 is 0 Å². The first-order valence-corrected chi connectivity index (χ1v) is 12.9. The highest BCUT2D eigenvalue weighted by molar-refractivity contribution is 6.76. The van der Waals surface area contributed by atoms with Crippen LogP contribution in [0.1, 0.15) is 50.3 Å². The zero-order valence-corrected chi connectivity index (χ0v) is 21.4. The lowest BCUT2D eigenvalue weighted by Gasteiger charge is -2.29. The van der Waals surface area contributed by atoms with E-state index in [1.165, 1.54) is 6.42 Å². The average Bonchev–Trinajstić information content (AvgIpc) is 3.20. The third kappa shape index (κ3) is 5.51. The topological polar surface area (TPSA) is 70.0 Å². The second kappa shape index (κ2) is 10.7. The summed E-state index contributed by atoms with van der Waals surface area (Å²) in [5.74, 6) is 0.397. The monoisotopic (exact) mass is 499 g/mol. The van der Waals surface area contributed by atoms with Crippen LogP contribution in [-0.2, 0) is 11.2 Å². The van der Waals surface area contributed by atoms with Gasteiger partial charge in [-0.2, -0.15) is 5.10 Å². The number of allylic oxidation sites excluding steroid dienone is 7. The molecule has 0 radical (unpaired) electrons. The molecule has 2 unspecified atom stereocenters. The summed E-state index contributed by atoms with van der Waals surface area (Å²) in [6, 6.07) is 4.18. The second-order valence-electron chi connectivity index (χ2n) is 9.76. The molecule has 3 heterocycles. The largest absolute Gasteiger partial charge is 0.348 e. The van der Waals surface area contributed by atoms with E-state index >= 15 is 0 Å². The van der Waals surface area contributed by atoms with Gasteiger partial charge < -0.3 is 5.32 Å². The van der Waals surface area contributed by atoms with Crippen LogP contribution in [0.4, 0.5) is 0 Å². The minimum atomic E-state index is -0.0913. The number of hydrogen-bond donors (Lipinski definition) is 1. The summed E-state index contributed by atoms with van der Waals surface area (Å²) in [5.41, 5.74) is 9.16. The number of carbonyl (C=O) groups excluding carboxylic acids is 1. The Morgan fingerprint density at radius 2 is 2.06 bits per heavy atom. The van der Waals surface area contributed by atoms with Gasteiger partial charge in [-0.3, -0.25) is 14.8 Å². The number of aromatic nitrogens is 1. The molecule has 0 aromatic carbocycles. The number of carbonyl (C=O) groups is 1. The SMILES string of the molecule is CC1CCCCC1NC(=O)C1=NC2=CC=CC=C(C2)C(Cc2ccc(C3=C=CN(C)N=C3Cl)nc2)=C1. The number of amides is 1. The summed E-state index contributed by atoms with van der Waals surface area (Å²) in [7, 11) is 1.80. The molecule has 6 nitrogen and oxygen atoms in total. The molecular weight excluding hydrogens is 470 g/mol. The number of rotatable bonds is 5. The van der Waals surface area contributed by atoms with Crippen molar-refractivity contribution in [3.05, 3.63) is 88.7 Å². The maximum absolute atomic E-state index is 13.3. The molecule has 2 aliphatic heterocycles. The molecule has 4 aliphatic rings. The molecule has 2 bridgehead atoms. The molecule has 0 saturated heterocycles. The Morgan fingerprint density at radius 3 is 2.83 bits per heavy atom. The molecule has 36 heavy (non-hydrogen) atoms. The summed E-state index contributed by atoms with van der Waals surface area (Å²) >= 11 is 6.29. The number of pyridine rings is 1. The first kappa shape index (κ1) is 24.2. The first-order chi connectivity index (χ1) is 17.5. The van der Waals surface area contributed by atoms with E-state index in [2.05, 4.69) is 34.1 Å². The highest BCUT2D eigenvalue weighted by Crippen LogP contribution is 2.29. The Kier molecular flexibility index (Phi) is 7.17. The Morgan fingerprint density at radius 1 is 1.22 bits per heavy atom. The van der Waals surface area contributed by atoms with Gasteiger partial charge in [0.15, 0.2) is 5.17 Å². The molecule has 5 rings (SSSR count). The van der Waals surface area contributed by atoms with E-state index in [1.807, 2.05) is 42.6 Å². The summed E-state index contributed by atoms with van der Waals surface area (Å²) in [6.07, 6.45) is 19.6. The Balaban J connectivity index is 1.39. The van der Waals surface area contributed by atoms with Crippen LogP contribution in [-0.4, -0.2) is 39.9 Å². The van der Waals surface area contributed by atoms with Gasteiger partial charge in [-0.1, -0.05) is 61.4 Å². The Labute approximate surface area is 217 Å². The lowest BCUT2D eigenvalue weighted by molar-refractivity contribution is -0.115. The number of aliphatic imine (C=N–C) groups is 1. The van der Waals surface area contributed by atoms with Crippen molar-refractivity contribution in [1.29, 1.82) is 0 Å². The van der Waals surface area contributed by atoms with Crippen LogP contribution in [0.2, 0.25) is 0 Å². The number of nitrogens with one attached hydrogen (secondary N) is 1. The van der Waals surface area contributed by atoms with E-state index in [9.17, 15) is 4.79 Å². The molecule has 1 aromatic rings. The van der Waals surface area contributed by atoms with Crippen LogP contribution < -0.4 is 5.32 Å². The molecule has 1 N–H and O–H groups in total. The fourth-order valence-electron chi connectivity index (χ4n) is 4.96. The zero-order valence-electron chi connectivity index (χ0n) is 20.7. The van der Waals surface area contributed by atoms with Crippen LogP contribution in [0.5, 0.6) is 0 Å². The summed E-state index contributed by atoms with van der Waals surface area (Å²) in [5, 5.41) is 9.46. The lowest BCUT2D eigenvalue weighted by atomic mass is 9.86. The van der Waals surface area contributed by atoms with Gasteiger partial charge in [0.25, 0.3) is 5.91 Å². The average molecular weight is 500 g/mol. The molecule has 7 heteroatoms. The van der Waals surface area contributed by atoms with Gasteiger partial charge in [0.1, 0.15) is 5.71 Å². The molecule has 2 aliphatic carbocycles. The molecule has 1 fully saturated rings. The molecule has 1 saturated carbocycles. The zero-order chi connectivity index (χ0) is 25.1. The van der Waals surface area contributed by atoms with E-state index < -0.39 is 0 Å². The molecular formula is C29H30ClN5O. The van der Waals surface area contributed by atoms with E-state index in [0.29, 0.717) is 35.2 Å². The number of nitrogens with zero attached hydrogens (tertiary/aromatic N) is 4. The third-order valence-corrected chi connectivity index (χ3v) is 7.30. The maximum Gasteiger partial charge on any atom is 0.270 e. The minimum Gasteiger partial charge on any atom is -0.348 e. The highest BCUT2D eigenvalue weighted by atomic mass is 35.5. The van der Waals surface area contributed by atoms with Gasteiger partial charge in [0.2, 0.25) is 0 Å². The normalized spacial score (nSPS) is 23.4. The Hall–Kier alpha value is -3.47. The van der Waals surface area contributed by atoms with Crippen molar-refractivity contribution in [2.75, 3.05) is 7.05 Å². The van der Waals surface area contributed by atoms with Gasteiger partial charge in [0, 0.05) is 31.4 Å². The van der Waals surface area contributed by atoms with Crippen LogP contribution in [0, 0.1) is 5.92 Å². The van der Waals surface area contributed by atoms with Crippen LogP contribution in [0.3, 0.4) is 0 Å². The lowest BCUT2D eigenvalue weighted by Crippen LogP contribution is -2.43. The third-order valence-electron chi connectivity index (χ3n) is 7.04. The standard InChI is InChI=1S/C29H30ClN5O/c1-19-7-3-6-10-25(19)33-29(36)27-17-22(21-8-4-5-9-23(16-21)32-27)15-20-11-12-26(31-18-20)24-13-14-35(2)34-28(24)30/h4-5,8-9,11-12,14,17-19,25H,3,6-7,10,15-16H2,1-2H3,(H,33,36). The summed E-state index contributed by atoms with van der Waals surface area (Å²) < 4.78 is 0. The van der Waals surface area contributed by atoms with Crippen molar-refractivity contribution in [3.8, 4) is 0 Å². The summed E-state index contributed by atoms with van der Waals surface area (Å²) in [4.78, 5) is 22.7. The van der Waals surface area contributed by atoms with Crippen LogP contribution >= 0.6 is 11.6 Å². The maximum atomic E-state index is 13.3. The van der Waals surface area contributed by atoms with Crippen molar-refractivity contribution in [2.45, 2.75) is 51.5 Å². The van der Waals surface area contributed by atoms with E-state index in [1.54, 1.807) is 18.3 Å². The molecule has 184 valence electrons. The fourth-order valence-corrected chi connectivity index (χ4v) is 5.23. The van der Waals surface area contributed by atoms with Gasteiger partial charge in [-0.05, 0) is 60.1 Å². The summed E-state index contributed by atoms with van der Waals surface area (Å²) in [6.45, 7) is 2.22. The van der Waals surface area contributed by atoms with Crippen molar-refractivity contribution in [1.82, 2.24) is 15.3 Å². The minimum absolute atomic E-state index is 0.0913. The predicted molar refractivity (Wildman–Crippen MR) is 145 cm³/mol. The van der Waals surface area contributed by atoms with E-state index in [4.69, 9.17) is 16.6 Å². The van der Waals surface area contributed by atoms with Crippen molar-refractivity contribution >= 4 is 34.0 Å². The van der Waals surface area contributed by atoms with Crippen molar-refractivity contribution < 1.29 is 4.79 Å². The first-order valence-electron chi connectivity index (χ1n) is 12.5. The molecule has 2 atom stereocenters. The van der Waals surface area contributed by atoms with Gasteiger partial charge in [0.05, 0.1) is 17.5 Å². The molecule has 1 aromatic heterocycles. The van der Waals surface area contributed by atoms with E-state index in [0.717, 1.165) is 47.4 Å². The quantitative estimate of drug-likeness (QED) is 0.546. The highest BCUT2D eigenvalue weighted by Gasteiger charge is 2.26. The number of hydrazone groups is 1. The number of fused-ring (bicyclic) bond motifs is 2. The molecule has 0 spiro atoms. The van der Waals surface area contributed by atoms with Crippen LogP contribution in [0.25, 0.3) is 5.57 Å². The Bertz CT molecular complexity index is 1310. The van der Waals surface area contributed by atoms with Crippen LogP contribution in [0.15, 0.2) is 87.6 Å². The smallest absolute Gasteiger partial charge is 0.270 e. The van der Waals surface area contributed by atoms with Crippen molar-refractivity contribution in [3.63, 3.8) is 0 Å². The molecule has 1 amide bonds. The van der Waals surface area contributed by atoms with Gasteiger partial charge in [-0.25, -0.2) is 4.99 Å². The van der Waals surface area contributed by atoms with E-state index in [-0.39, 0.29) is 11.9 Å². The number of halogens is 1. The number of hydrogen-bond acceptors (Lipinski definition) is 5.